The highest BCUT2D eigenvalue weighted by Gasteiger charge is 2.17. The van der Waals surface area contributed by atoms with E-state index in [4.69, 9.17) is 33.7 Å². The van der Waals surface area contributed by atoms with E-state index < -0.39 is 0 Å². The summed E-state index contributed by atoms with van der Waals surface area (Å²) in [6.07, 6.45) is 0.269. The summed E-state index contributed by atoms with van der Waals surface area (Å²) in [5.41, 5.74) is 6.93. The largest absolute Gasteiger partial charge is 0.489 e. The highest BCUT2D eigenvalue weighted by molar-refractivity contribution is 6.31. The lowest BCUT2D eigenvalue weighted by molar-refractivity contribution is 0.189. The first-order chi connectivity index (χ1) is 9.95. The molecule has 2 aromatic rings. The number of benzene rings is 2. The SMILES string of the molecule is CC(Oc1cccc(Cl)c1)C(N)Cc1ccc(F)cc1Cl. The molecule has 0 fully saturated rings. The van der Waals surface area contributed by atoms with Crippen LogP contribution < -0.4 is 10.5 Å². The molecule has 2 nitrogen and oxygen atoms in total. The Morgan fingerprint density at radius 2 is 1.95 bits per heavy atom. The van der Waals surface area contributed by atoms with Gasteiger partial charge in [-0.05, 0) is 49.2 Å². The summed E-state index contributed by atoms with van der Waals surface area (Å²) in [5, 5.41) is 0.982. The predicted molar refractivity (Wildman–Crippen MR) is 84.6 cm³/mol. The summed E-state index contributed by atoms with van der Waals surface area (Å²) < 4.78 is 18.8. The van der Waals surface area contributed by atoms with Gasteiger partial charge >= 0.3 is 0 Å². The highest BCUT2D eigenvalue weighted by atomic mass is 35.5. The van der Waals surface area contributed by atoms with Gasteiger partial charge in [0.15, 0.2) is 0 Å². The third kappa shape index (κ3) is 4.60. The number of nitrogens with two attached hydrogens (primary N) is 1. The van der Waals surface area contributed by atoms with Crippen molar-refractivity contribution >= 4 is 23.2 Å². The lowest BCUT2D eigenvalue weighted by Crippen LogP contribution is -2.38. The van der Waals surface area contributed by atoms with Crippen LogP contribution in [-0.2, 0) is 6.42 Å². The van der Waals surface area contributed by atoms with E-state index in [9.17, 15) is 4.39 Å². The quantitative estimate of drug-likeness (QED) is 0.879. The fourth-order valence-corrected chi connectivity index (χ4v) is 2.37. The van der Waals surface area contributed by atoms with Gasteiger partial charge in [-0.15, -0.1) is 0 Å². The fourth-order valence-electron chi connectivity index (χ4n) is 1.95. The minimum atomic E-state index is -0.361. The van der Waals surface area contributed by atoms with Crippen molar-refractivity contribution in [3.63, 3.8) is 0 Å². The van der Waals surface area contributed by atoms with Crippen LogP contribution >= 0.6 is 23.2 Å². The molecule has 5 heteroatoms. The molecule has 0 spiro atoms. The van der Waals surface area contributed by atoms with Crippen molar-refractivity contribution in [2.75, 3.05) is 0 Å². The molecule has 0 heterocycles. The molecule has 0 saturated carbocycles. The second-order valence-corrected chi connectivity index (χ2v) is 5.73. The van der Waals surface area contributed by atoms with Crippen LogP contribution in [0.15, 0.2) is 42.5 Å². The summed E-state index contributed by atoms with van der Waals surface area (Å²) in [5.74, 6) is 0.302. The molecule has 0 aliphatic rings. The Kier molecular flexibility index (Phi) is 5.45. The van der Waals surface area contributed by atoms with Crippen molar-refractivity contribution in [3.8, 4) is 5.75 Å². The molecule has 0 bridgehead atoms. The Hall–Kier alpha value is -1.29. The molecular formula is C16H16Cl2FNO. The average Bonchev–Trinajstić information content (AvgIpc) is 2.41. The lowest BCUT2D eigenvalue weighted by atomic mass is 10.0. The topological polar surface area (TPSA) is 35.2 Å². The third-order valence-corrected chi connectivity index (χ3v) is 3.78. The maximum Gasteiger partial charge on any atom is 0.124 e. The molecule has 0 amide bonds. The summed E-state index contributed by atoms with van der Waals surface area (Å²) in [4.78, 5) is 0. The minimum absolute atomic E-state index is 0.232. The summed E-state index contributed by atoms with van der Waals surface area (Å²) in [6, 6.07) is 11.2. The number of hydrogen-bond acceptors (Lipinski definition) is 2. The van der Waals surface area contributed by atoms with E-state index in [2.05, 4.69) is 0 Å². The smallest absolute Gasteiger partial charge is 0.124 e. The second-order valence-electron chi connectivity index (χ2n) is 4.88. The molecule has 112 valence electrons. The van der Waals surface area contributed by atoms with E-state index in [0.29, 0.717) is 22.2 Å². The molecule has 2 atom stereocenters. The molecule has 0 radical (unpaired) electrons. The van der Waals surface area contributed by atoms with Crippen LogP contribution in [-0.4, -0.2) is 12.1 Å². The van der Waals surface area contributed by atoms with Gasteiger partial charge in [0.25, 0.3) is 0 Å². The van der Waals surface area contributed by atoms with Crippen LogP contribution in [0.2, 0.25) is 10.0 Å². The van der Waals surface area contributed by atoms with Crippen molar-refractivity contribution < 1.29 is 9.13 Å². The van der Waals surface area contributed by atoms with Gasteiger partial charge in [-0.2, -0.15) is 0 Å². The fraction of sp³-hybridized carbons (Fsp3) is 0.250. The van der Waals surface area contributed by atoms with Crippen molar-refractivity contribution in [1.82, 2.24) is 0 Å². The second kappa shape index (κ2) is 7.12. The van der Waals surface area contributed by atoms with Crippen molar-refractivity contribution in [2.45, 2.75) is 25.5 Å². The molecule has 21 heavy (non-hydrogen) atoms. The maximum atomic E-state index is 13.0. The van der Waals surface area contributed by atoms with Gasteiger partial charge in [0.1, 0.15) is 17.7 Å². The zero-order chi connectivity index (χ0) is 15.4. The molecule has 0 aliphatic heterocycles. The molecule has 0 saturated heterocycles. The molecule has 0 aromatic heterocycles. The van der Waals surface area contributed by atoms with Gasteiger partial charge in [0.2, 0.25) is 0 Å². The highest BCUT2D eigenvalue weighted by Crippen LogP contribution is 2.22. The monoisotopic (exact) mass is 327 g/mol. The Labute approximate surface area is 133 Å². The van der Waals surface area contributed by atoms with Crippen molar-refractivity contribution in [1.29, 1.82) is 0 Å². The van der Waals surface area contributed by atoms with E-state index in [-0.39, 0.29) is 18.0 Å². The first kappa shape index (κ1) is 16.1. The van der Waals surface area contributed by atoms with E-state index in [1.165, 1.54) is 12.1 Å². The number of rotatable bonds is 5. The first-order valence-corrected chi connectivity index (χ1v) is 7.33. The van der Waals surface area contributed by atoms with Gasteiger partial charge in [0, 0.05) is 16.1 Å². The average molecular weight is 328 g/mol. The Morgan fingerprint density at radius 3 is 2.62 bits per heavy atom. The van der Waals surface area contributed by atoms with E-state index in [1.807, 2.05) is 19.1 Å². The molecule has 0 aliphatic carbocycles. The molecule has 2 rings (SSSR count). The van der Waals surface area contributed by atoms with Crippen LogP contribution in [0.1, 0.15) is 12.5 Å². The zero-order valence-corrected chi connectivity index (χ0v) is 13.0. The minimum Gasteiger partial charge on any atom is -0.489 e. The van der Waals surface area contributed by atoms with Gasteiger partial charge in [0.05, 0.1) is 0 Å². The van der Waals surface area contributed by atoms with Gasteiger partial charge < -0.3 is 10.5 Å². The normalized spacial score (nSPS) is 13.8. The van der Waals surface area contributed by atoms with Crippen LogP contribution in [0.4, 0.5) is 4.39 Å². The van der Waals surface area contributed by atoms with E-state index >= 15 is 0 Å². The molecule has 2 aromatic carbocycles. The van der Waals surface area contributed by atoms with Gasteiger partial charge in [-0.1, -0.05) is 35.3 Å². The number of halogens is 3. The van der Waals surface area contributed by atoms with E-state index in [0.717, 1.165) is 5.56 Å². The van der Waals surface area contributed by atoms with Crippen LogP contribution in [0.3, 0.4) is 0 Å². The Balaban J connectivity index is 2.00. The predicted octanol–water partition coefficient (Wildman–Crippen LogP) is 4.47. The maximum absolute atomic E-state index is 13.0. The first-order valence-electron chi connectivity index (χ1n) is 6.57. The number of hydrogen-bond donors (Lipinski definition) is 1. The molecule has 2 N–H and O–H groups in total. The van der Waals surface area contributed by atoms with Gasteiger partial charge in [-0.25, -0.2) is 4.39 Å². The Bertz CT molecular complexity index is 621. The lowest BCUT2D eigenvalue weighted by Gasteiger charge is -2.22. The zero-order valence-electron chi connectivity index (χ0n) is 11.5. The summed E-state index contributed by atoms with van der Waals surface area (Å²) in [6.45, 7) is 1.88. The summed E-state index contributed by atoms with van der Waals surface area (Å²) >= 11 is 11.9. The Morgan fingerprint density at radius 1 is 1.19 bits per heavy atom. The van der Waals surface area contributed by atoms with Crippen LogP contribution in [0, 0.1) is 5.82 Å². The van der Waals surface area contributed by atoms with E-state index in [1.54, 1.807) is 18.2 Å². The number of ether oxygens (including phenoxy) is 1. The van der Waals surface area contributed by atoms with Crippen LogP contribution in [0.5, 0.6) is 5.75 Å². The van der Waals surface area contributed by atoms with Gasteiger partial charge in [-0.3, -0.25) is 0 Å². The molecule has 2 unspecified atom stereocenters. The van der Waals surface area contributed by atoms with Crippen molar-refractivity contribution in [3.05, 3.63) is 63.9 Å². The summed E-state index contributed by atoms with van der Waals surface area (Å²) in [7, 11) is 0. The standard InChI is InChI=1S/C16H16Cl2FNO/c1-10(21-14-4-2-3-12(17)8-14)16(20)7-11-5-6-13(19)9-15(11)18/h2-6,8-10,16H,7,20H2,1H3. The van der Waals surface area contributed by atoms with Crippen LogP contribution in [0.25, 0.3) is 0 Å². The molecular weight excluding hydrogens is 312 g/mol. The third-order valence-electron chi connectivity index (χ3n) is 3.19. The van der Waals surface area contributed by atoms with Crippen molar-refractivity contribution in [2.24, 2.45) is 5.73 Å².